The first-order chi connectivity index (χ1) is 12.9. The second-order valence-corrected chi connectivity index (χ2v) is 7.74. The summed E-state index contributed by atoms with van der Waals surface area (Å²) in [4.78, 5) is 29.6. The highest BCUT2D eigenvalue weighted by molar-refractivity contribution is 7.10. The Labute approximate surface area is 166 Å². The Morgan fingerprint density at radius 1 is 1.15 bits per heavy atom. The van der Waals surface area contributed by atoms with Gasteiger partial charge in [0.15, 0.2) is 0 Å². The zero-order valence-corrected chi connectivity index (χ0v) is 17.4. The molecule has 0 atom stereocenters. The third-order valence-electron chi connectivity index (χ3n) is 4.28. The van der Waals surface area contributed by atoms with E-state index in [1.54, 1.807) is 11.3 Å². The Hall–Kier alpha value is -2.34. The molecule has 0 saturated carbocycles. The quantitative estimate of drug-likeness (QED) is 0.703. The van der Waals surface area contributed by atoms with Gasteiger partial charge >= 0.3 is 0 Å². The van der Waals surface area contributed by atoms with Crippen molar-refractivity contribution in [3.63, 3.8) is 0 Å². The fourth-order valence-electron chi connectivity index (χ4n) is 2.92. The molecule has 1 N–H and O–H groups in total. The van der Waals surface area contributed by atoms with Gasteiger partial charge in [0.25, 0.3) is 0 Å². The number of hydrogen-bond donors (Lipinski definition) is 1. The van der Waals surface area contributed by atoms with Crippen molar-refractivity contribution in [1.82, 2.24) is 4.90 Å². The van der Waals surface area contributed by atoms with Crippen molar-refractivity contribution in [2.75, 3.05) is 30.9 Å². The lowest BCUT2D eigenvalue weighted by atomic mass is 10.1. The van der Waals surface area contributed by atoms with E-state index in [9.17, 15) is 9.59 Å². The van der Waals surface area contributed by atoms with E-state index in [0.29, 0.717) is 25.9 Å². The van der Waals surface area contributed by atoms with Crippen LogP contribution in [0, 0.1) is 0 Å². The highest BCUT2D eigenvalue weighted by Crippen LogP contribution is 2.25. The predicted octanol–water partition coefficient (Wildman–Crippen LogP) is 4.14. The monoisotopic (exact) mass is 387 g/mol. The summed E-state index contributed by atoms with van der Waals surface area (Å²) in [6, 6.07) is 9.85. The third-order valence-corrected chi connectivity index (χ3v) is 5.16. The predicted molar refractivity (Wildman–Crippen MR) is 113 cm³/mol. The zero-order valence-electron chi connectivity index (χ0n) is 16.6. The second kappa shape index (κ2) is 10.1. The van der Waals surface area contributed by atoms with Crippen LogP contribution in [-0.2, 0) is 22.6 Å². The van der Waals surface area contributed by atoms with Gasteiger partial charge in [0.1, 0.15) is 0 Å². The van der Waals surface area contributed by atoms with Gasteiger partial charge in [-0.3, -0.25) is 9.59 Å². The maximum Gasteiger partial charge on any atom is 0.228 e. The standard InChI is InChI=1S/C21H29N3O2S/c1-5-11-24(21(26)14-18-8-7-12-27-18)15-16-13-17(22-20(25)6-2)9-10-19(16)23(3)4/h7-10,12-13H,5-6,11,14-15H2,1-4H3,(H,22,25). The van der Waals surface area contributed by atoms with Crippen molar-refractivity contribution < 1.29 is 9.59 Å². The number of hydrogen-bond acceptors (Lipinski definition) is 4. The summed E-state index contributed by atoms with van der Waals surface area (Å²) >= 11 is 1.61. The molecule has 27 heavy (non-hydrogen) atoms. The highest BCUT2D eigenvalue weighted by atomic mass is 32.1. The van der Waals surface area contributed by atoms with Gasteiger partial charge in [-0.1, -0.05) is 19.9 Å². The number of nitrogens with zero attached hydrogens (tertiary/aromatic N) is 2. The molecule has 0 fully saturated rings. The molecule has 2 rings (SSSR count). The van der Waals surface area contributed by atoms with Crippen LogP contribution in [-0.4, -0.2) is 37.4 Å². The van der Waals surface area contributed by atoms with Gasteiger partial charge in [0.05, 0.1) is 6.42 Å². The van der Waals surface area contributed by atoms with Crippen LogP contribution in [0.1, 0.15) is 37.1 Å². The summed E-state index contributed by atoms with van der Waals surface area (Å²) in [5, 5.41) is 4.91. The van der Waals surface area contributed by atoms with E-state index in [-0.39, 0.29) is 11.8 Å². The van der Waals surface area contributed by atoms with E-state index in [1.807, 2.05) is 66.5 Å². The van der Waals surface area contributed by atoms with Gasteiger partial charge in [0.2, 0.25) is 11.8 Å². The van der Waals surface area contributed by atoms with Crippen LogP contribution >= 0.6 is 11.3 Å². The average Bonchev–Trinajstić information content (AvgIpc) is 3.14. The van der Waals surface area contributed by atoms with Crippen molar-refractivity contribution in [2.45, 2.75) is 39.7 Å². The molecule has 0 bridgehead atoms. The lowest BCUT2D eigenvalue weighted by Gasteiger charge is -2.26. The minimum Gasteiger partial charge on any atom is -0.377 e. The number of carbonyl (C=O) groups is 2. The molecule has 0 aliphatic heterocycles. The van der Waals surface area contributed by atoms with Crippen molar-refractivity contribution in [3.8, 4) is 0 Å². The van der Waals surface area contributed by atoms with Gasteiger partial charge in [-0.05, 0) is 41.6 Å². The topological polar surface area (TPSA) is 52.7 Å². The summed E-state index contributed by atoms with van der Waals surface area (Å²) in [7, 11) is 3.97. The molecule has 0 aliphatic rings. The molecule has 0 spiro atoms. The SMILES string of the molecule is CCCN(Cc1cc(NC(=O)CC)ccc1N(C)C)C(=O)Cc1cccs1. The maximum absolute atomic E-state index is 12.8. The number of nitrogens with one attached hydrogen (secondary N) is 1. The van der Waals surface area contributed by atoms with Crippen molar-refractivity contribution in [2.24, 2.45) is 0 Å². The van der Waals surface area contributed by atoms with Gasteiger partial charge in [-0.15, -0.1) is 11.3 Å². The van der Waals surface area contributed by atoms with Crippen LogP contribution < -0.4 is 10.2 Å². The molecule has 0 radical (unpaired) electrons. The van der Waals surface area contributed by atoms with E-state index < -0.39 is 0 Å². The normalized spacial score (nSPS) is 10.5. The molecule has 2 amide bonds. The smallest absolute Gasteiger partial charge is 0.228 e. The molecule has 0 unspecified atom stereocenters. The molecule has 0 aliphatic carbocycles. The van der Waals surface area contributed by atoms with Gasteiger partial charge in [-0.25, -0.2) is 0 Å². The Bertz CT molecular complexity index is 757. The number of amides is 2. The van der Waals surface area contributed by atoms with Gasteiger partial charge in [0, 0.05) is 49.9 Å². The van der Waals surface area contributed by atoms with Crippen LogP contribution in [0.25, 0.3) is 0 Å². The molecule has 2 aromatic rings. The summed E-state index contributed by atoms with van der Waals surface area (Å²) < 4.78 is 0. The van der Waals surface area contributed by atoms with Crippen LogP contribution in [0.4, 0.5) is 11.4 Å². The summed E-state index contributed by atoms with van der Waals surface area (Å²) in [5.41, 5.74) is 2.85. The minimum absolute atomic E-state index is 0.0160. The third kappa shape index (κ3) is 6.10. The van der Waals surface area contributed by atoms with Crippen molar-refractivity contribution in [3.05, 3.63) is 46.2 Å². The lowest BCUT2D eigenvalue weighted by Crippen LogP contribution is -2.33. The first kappa shape index (κ1) is 21.0. The first-order valence-electron chi connectivity index (χ1n) is 9.34. The van der Waals surface area contributed by atoms with E-state index in [1.165, 1.54) is 0 Å². The first-order valence-corrected chi connectivity index (χ1v) is 10.2. The molecule has 1 aromatic heterocycles. The lowest BCUT2D eigenvalue weighted by molar-refractivity contribution is -0.131. The molecule has 1 heterocycles. The maximum atomic E-state index is 12.8. The van der Waals surface area contributed by atoms with Gasteiger partial charge < -0.3 is 15.1 Å². The van der Waals surface area contributed by atoms with Crippen LogP contribution in [0.15, 0.2) is 35.7 Å². The van der Waals surface area contributed by atoms with E-state index in [2.05, 4.69) is 12.2 Å². The molecule has 1 aromatic carbocycles. The van der Waals surface area contributed by atoms with E-state index in [4.69, 9.17) is 0 Å². The number of carbonyl (C=O) groups excluding carboxylic acids is 2. The molecule has 6 heteroatoms. The Morgan fingerprint density at radius 3 is 2.52 bits per heavy atom. The van der Waals surface area contributed by atoms with Crippen LogP contribution in [0.2, 0.25) is 0 Å². The number of benzene rings is 1. The van der Waals surface area contributed by atoms with Crippen molar-refractivity contribution in [1.29, 1.82) is 0 Å². The Kier molecular flexibility index (Phi) is 7.85. The summed E-state index contributed by atoms with van der Waals surface area (Å²) in [6.45, 7) is 5.15. The molecule has 0 saturated heterocycles. The summed E-state index contributed by atoms with van der Waals surface area (Å²) in [6.07, 6.45) is 1.77. The Morgan fingerprint density at radius 2 is 1.93 bits per heavy atom. The van der Waals surface area contributed by atoms with Crippen molar-refractivity contribution >= 4 is 34.5 Å². The number of anilines is 2. The van der Waals surface area contributed by atoms with Gasteiger partial charge in [-0.2, -0.15) is 0 Å². The zero-order chi connectivity index (χ0) is 19.8. The largest absolute Gasteiger partial charge is 0.377 e. The summed E-state index contributed by atoms with van der Waals surface area (Å²) in [5.74, 6) is 0.116. The molecule has 5 nitrogen and oxygen atoms in total. The molecule has 146 valence electrons. The molecular weight excluding hydrogens is 358 g/mol. The van der Waals surface area contributed by atoms with Crippen LogP contribution in [0.5, 0.6) is 0 Å². The second-order valence-electron chi connectivity index (χ2n) is 6.71. The fourth-order valence-corrected chi connectivity index (χ4v) is 3.61. The number of thiophene rings is 1. The van der Waals surface area contributed by atoms with E-state index >= 15 is 0 Å². The average molecular weight is 388 g/mol. The Balaban J connectivity index is 2.24. The van der Waals surface area contributed by atoms with Crippen LogP contribution in [0.3, 0.4) is 0 Å². The molecular formula is C21H29N3O2S. The minimum atomic E-state index is -0.0160. The number of rotatable bonds is 9. The highest BCUT2D eigenvalue weighted by Gasteiger charge is 2.17. The van der Waals surface area contributed by atoms with E-state index in [0.717, 1.165) is 28.2 Å². The fraction of sp³-hybridized carbons (Fsp3) is 0.429.